The highest BCUT2D eigenvalue weighted by Crippen LogP contribution is 2.29. The van der Waals surface area contributed by atoms with Crippen LogP contribution in [0.15, 0.2) is 48.5 Å². The average molecular weight is 281 g/mol. The molecule has 1 fully saturated rings. The largest absolute Gasteiger partial charge is 0.399 e. The molecule has 1 saturated heterocycles. The Morgan fingerprint density at radius 3 is 2.57 bits per heavy atom. The van der Waals surface area contributed by atoms with Gasteiger partial charge in [0.2, 0.25) is 0 Å². The minimum atomic E-state index is -0.00840. The summed E-state index contributed by atoms with van der Waals surface area (Å²) in [5.74, 6) is 0.399. The highest BCUT2D eigenvalue weighted by Gasteiger charge is 2.28. The lowest BCUT2D eigenvalue weighted by Crippen LogP contribution is -2.29. The van der Waals surface area contributed by atoms with Crippen molar-refractivity contribution >= 4 is 17.3 Å². The van der Waals surface area contributed by atoms with Crippen molar-refractivity contribution in [2.24, 2.45) is 0 Å². The highest BCUT2D eigenvalue weighted by atomic mass is 16.2. The summed E-state index contributed by atoms with van der Waals surface area (Å²) < 4.78 is 0. The molecule has 3 rings (SSSR count). The van der Waals surface area contributed by atoms with E-state index in [1.165, 1.54) is 5.56 Å². The molecule has 0 aliphatic carbocycles. The lowest BCUT2D eigenvalue weighted by molar-refractivity contribution is 0.0792. The van der Waals surface area contributed by atoms with Crippen LogP contribution < -0.4 is 11.5 Å². The number of nitrogens with two attached hydrogens (primary N) is 2. The van der Waals surface area contributed by atoms with E-state index in [4.69, 9.17) is 11.5 Å². The Hall–Kier alpha value is -2.49. The number of hydrogen-bond acceptors (Lipinski definition) is 3. The first-order valence-electron chi connectivity index (χ1n) is 7.14. The van der Waals surface area contributed by atoms with Crippen LogP contribution in [0.5, 0.6) is 0 Å². The summed E-state index contributed by atoms with van der Waals surface area (Å²) in [4.78, 5) is 14.4. The van der Waals surface area contributed by atoms with Crippen molar-refractivity contribution in [3.63, 3.8) is 0 Å². The van der Waals surface area contributed by atoms with Crippen molar-refractivity contribution in [1.29, 1.82) is 0 Å². The standard InChI is InChI=1S/C17H19N3O/c18-14-6-7-15(16(19)10-14)17(21)20-9-8-13(11-20)12-4-2-1-3-5-12/h1-7,10,13H,8-9,11,18-19H2. The van der Waals surface area contributed by atoms with E-state index in [1.807, 2.05) is 23.1 Å². The smallest absolute Gasteiger partial charge is 0.255 e. The molecule has 0 spiro atoms. The van der Waals surface area contributed by atoms with Gasteiger partial charge in [0, 0.05) is 30.4 Å². The first-order chi connectivity index (χ1) is 10.1. The SMILES string of the molecule is Nc1ccc(C(=O)N2CCC(c3ccccc3)C2)c(N)c1. The summed E-state index contributed by atoms with van der Waals surface area (Å²) in [6, 6.07) is 15.4. The zero-order valence-electron chi connectivity index (χ0n) is 11.8. The number of benzene rings is 2. The first-order valence-corrected chi connectivity index (χ1v) is 7.14. The first kappa shape index (κ1) is 13.5. The molecule has 1 amide bonds. The fraction of sp³-hybridized carbons (Fsp3) is 0.235. The maximum absolute atomic E-state index is 12.6. The van der Waals surface area contributed by atoms with Crippen molar-refractivity contribution in [1.82, 2.24) is 4.90 Å². The molecule has 4 heteroatoms. The normalized spacial score (nSPS) is 17.9. The number of amides is 1. The van der Waals surface area contributed by atoms with Crippen LogP contribution in [0.2, 0.25) is 0 Å². The van der Waals surface area contributed by atoms with Crippen LogP contribution in [0.1, 0.15) is 28.3 Å². The van der Waals surface area contributed by atoms with Gasteiger partial charge in [-0.15, -0.1) is 0 Å². The lowest BCUT2D eigenvalue weighted by Gasteiger charge is -2.18. The van der Waals surface area contributed by atoms with E-state index < -0.39 is 0 Å². The molecule has 1 aliphatic heterocycles. The number of carbonyl (C=O) groups is 1. The van der Waals surface area contributed by atoms with Crippen molar-refractivity contribution < 1.29 is 4.79 Å². The van der Waals surface area contributed by atoms with Gasteiger partial charge in [-0.3, -0.25) is 4.79 Å². The third-order valence-electron chi connectivity index (χ3n) is 4.05. The van der Waals surface area contributed by atoms with E-state index in [2.05, 4.69) is 12.1 Å². The Morgan fingerprint density at radius 1 is 1.10 bits per heavy atom. The maximum atomic E-state index is 12.6. The zero-order chi connectivity index (χ0) is 14.8. The minimum Gasteiger partial charge on any atom is -0.399 e. The third kappa shape index (κ3) is 2.70. The summed E-state index contributed by atoms with van der Waals surface area (Å²) in [5, 5.41) is 0. The van der Waals surface area contributed by atoms with E-state index >= 15 is 0 Å². The van der Waals surface area contributed by atoms with Crippen molar-refractivity contribution in [2.75, 3.05) is 24.6 Å². The maximum Gasteiger partial charge on any atom is 0.255 e. The van der Waals surface area contributed by atoms with Gasteiger partial charge in [-0.05, 0) is 30.2 Å². The average Bonchev–Trinajstić information content (AvgIpc) is 2.97. The van der Waals surface area contributed by atoms with Gasteiger partial charge in [0.05, 0.1) is 5.56 Å². The lowest BCUT2D eigenvalue weighted by atomic mass is 9.99. The second-order valence-corrected chi connectivity index (χ2v) is 5.49. The van der Waals surface area contributed by atoms with E-state index in [9.17, 15) is 4.79 Å². The van der Waals surface area contributed by atoms with Gasteiger partial charge >= 0.3 is 0 Å². The van der Waals surface area contributed by atoms with Gasteiger partial charge < -0.3 is 16.4 Å². The second kappa shape index (κ2) is 5.48. The molecule has 1 aliphatic rings. The number of hydrogen-bond donors (Lipinski definition) is 2. The molecular weight excluding hydrogens is 262 g/mol. The topological polar surface area (TPSA) is 72.4 Å². The number of likely N-dealkylation sites (tertiary alicyclic amines) is 1. The monoisotopic (exact) mass is 281 g/mol. The van der Waals surface area contributed by atoms with Gasteiger partial charge in [-0.2, -0.15) is 0 Å². The third-order valence-corrected chi connectivity index (χ3v) is 4.05. The van der Waals surface area contributed by atoms with Crippen molar-refractivity contribution in [3.8, 4) is 0 Å². The Balaban J connectivity index is 1.75. The van der Waals surface area contributed by atoms with Crippen molar-refractivity contribution in [3.05, 3.63) is 59.7 Å². The summed E-state index contributed by atoms with van der Waals surface area (Å²) in [5.41, 5.74) is 14.4. The van der Waals surface area contributed by atoms with E-state index in [-0.39, 0.29) is 5.91 Å². The number of rotatable bonds is 2. The highest BCUT2D eigenvalue weighted by molar-refractivity contribution is 5.99. The van der Waals surface area contributed by atoms with E-state index in [0.29, 0.717) is 22.9 Å². The molecule has 1 heterocycles. The van der Waals surface area contributed by atoms with Gasteiger partial charge in [0.1, 0.15) is 0 Å². The summed E-state index contributed by atoms with van der Waals surface area (Å²) >= 11 is 0. The van der Waals surface area contributed by atoms with E-state index in [0.717, 1.165) is 19.5 Å². The van der Waals surface area contributed by atoms with Crippen LogP contribution >= 0.6 is 0 Å². The van der Waals surface area contributed by atoms with Crippen LogP contribution in [0.4, 0.5) is 11.4 Å². The molecule has 0 aromatic heterocycles. The predicted octanol–water partition coefficient (Wildman–Crippen LogP) is 2.48. The van der Waals surface area contributed by atoms with Gasteiger partial charge in [0.25, 0.3) is 5.91 Å². The molecule has 4 N–H and O–H groups in total. The van der Waals surface area contributed by atoms with Crippen LogP contribution in [0.3, 0.4) is 0 Å². The molecule has 21 heavy (non-hydrogen) atoms. The molecule has 0 saturated carbocycles. The van der Waals surface area contributed by atoms with Gasteiger partial charge in [0.15, 0.2) is 0 Å². The number of anilines is 2. The predicted molar refractivity (Wildman–Crippen MR) is 85.0 cm³/mol. The fourth-order valence-corrected chi connectivity index (χ4v) is 2.89. The summed E-state index contributed by atoms with van der Waals surface area (Å²) in [6.07, 6.45) is 0.991. The summed E-state index contributed by atoms with van der Waals surface area (Å²) in [7, 11) is 0. The minimum absolute atomic E-state index is 0.00840. The Labute approximate surface area is 124 Å². The quantitative estimate of drug-likeness (QED) is 0.831. The number of nitrogens with zero attached hydrogens (tertiary/aromatic N) is 1. The van der Waals surface area contributed by atoms with Crippen LogP contribution in [-0.4, -0.2) is 23.9 Å². The molecule has 0 radical (unpaired) electrons. The van der Waals surface area contributed by atoms with Crippen molar-refractivity contribution in [2.45, 2.75) is 12.3 Å². The molecule has 2 aromatic carbocycles. The molecule has 1 unspecified atom stereocenters. The Bertz CT molecular complexity index is 654. The summed E-state index contributed by atoms with van der Waals surface area (Å²) in [6.45, 7) is 1.51. The number of carbonyl (C=O) groups excluding carboxylic acids is 1. The molecule has 1 atom stereocenters. The Morgan fingerprint density at radius 2 is 1.86 bits per heavy atom. The molecule has 4 nitrogen and oxygen atoms in total. The molecule has 2 aromatic rings. The van der Waals surface area contributed by atoms with Gasteiger partial charge in [-0.1, -0.05) is 30.3 Å². The molecule has 108 valence electrons. The van der Waals surface area contributed by atoms with Crippen LogP contribution in [-0.2, 0) is 0 Å². The zero-order valence-corrected chi connectivity index (χ0v) is 11.8. The van der Waals surface area contributed by atoms with E-state index in [1.54, 1.807) is 18.2 Å². The van der Waals surface area contributed by atoms with Gasteiger partial charge in [-0.25, -0.2) is 0 Å². The van der Waals surface area contributed by atoms with Crippen LogP contribution in [0.25, 0.3) is 0 Å². The second-order valence-electron chi connectivity index (χ2n) is 5.49. The molecular formula is C17H19N3O. The fourth-order valence-electron chi connectivity index (χ4n) is 2.89. The number of nitrogen functional groups attached to an aromatic ring is 2. The molecule has 0 bridgehead atoms. The Kier molecular flexibility index (Phi) is 3.52. The van der Waals surface area contributed by atoms with Crippen LogP contribution in [0, 0.1) is 0 Å².